The highest BCUT2D eigenvalue weighted by atomic mass is 16.2. The average molecular weight is 250 g/mol. The van der Waals surface area contributed by atoms with Crippen LogP contribution >= 0.6 is 0 Å². The first kappa shape index (κ1) is 12.5. The van der Waals surface area contributed by atoms with Crippen LogP contribution < -0.4 is 0 Å². The van der Waals surface area contributed by atoms with E-state index in [0.29, 0.717) is 17.9 Å². The maximum Gasteiger partial charge on any atom is 0.227 e. The number of hydrogen-bond donors (Lipinski definition) is 0. The fourth-order valence-electron chi connectivity index (χ4n) is 4.08. The van der Waals surface area contributed by atoms with Crippen molar-refractivity contribution in [3.63, 3.8) is 0 Å². The van der Waals surface area contributed by atoms with E-state index in [1.807, 2.05) is 0 Å². The fourth-order valence-corrected chi connectivity index (χ4v) is 4.08. The fraction of sp³-hybridized carbons (Fsp3) is 0.933. The summed E-state index contributed by atoms with van der Waals surface area (Å²) in [7, 11) is 0. The molecule has 0 radical (unpaired) electrons. The van der Waals surface area contributed by atoms with Gasteiger partial charge in [0.25, 0.3) is 0 Å². The van der Waals surface area contributed by atoms with Gasteiger partial charge in [0, 0.05) is 19.1 Å². The molecule has 1 amide bonds. The van der Waals surface area contributed by atoms with E-state index in [-0.39, 0.29) is 0 Å². The Bertz CT molecular complexity index is 293. The minimum atomic E-state index is 0.315. The Labute approximate surface area is 111 Å². The molecule has 3 nitrogen and oxygen atoms in total. The molecule has 3 aliphatic rings. The highest BCUT2D eigenvalue weighted by molar-refractivity contribution is 5.80. The third-order valence-electron chi connectivity index (χ3n) is 5.07. The Kier molecular flexibility index (Phi) is 3.88. The van der Waals surface area contributed by atoms with Gasteiger partial charge in [-0.25, -0.2) is 0 Å². The van der Waals surface area contributed by atoms with E-state index in [9.17, 15) is 4.79 Å². The first-order valence-corrected chi connectivity index (χ1v) is 7.89. The summed E-state index contributed by atoms with van der Waals surface area (Å²) in [6.07, 6.45) is 10.1. The second kappa shape index (κ2) is 5.60. The zero-order valence-electron chi connectivity index (χ0n) is 11.4. The van der Waals surface area contributed by atoms with Gasteiger partial charge < -0.3 is 4.90 Å². The lowest BCUT2D eigenvalue weighted by molar-refractivity contribution is -0.138. The molecule has 0 bridgehead atoms. The number of likely N-dealkylation sites (tertiary alicyclic amines) is 2. The molecule has 2 aliphatic heterocycles. The number of amides is 1. The van der Waals surface area contributed by atoms with Gasteiger partial charge in [-0.2, -0.15) is 0 Å². The molecule has 3 rings (SSSR count). The first-order valence-electron chi connectivity index (χ1n) is 7.89. The predicted molar refractivity (Wildman–Crippen MR) is 72.4 cm³/mol. The van der Waals surface area contributed by atoms with Gasteiger partial charge >= 0.3 is 0 Å². The molecule has 0 spiro atoms. The molecule has 0 aromatic carbocycles. The molecule has 2 saturated heterocycles. The maximum absolute atomic E-state index is 12.7. The van der Waals surface area contributed by atoms with Gasteiger partial charge in [0.15, 0.2) is 0 Å². The van der Waals surface area contributed by atoms with Crippen LogP contribution in [0.4, 0.5) is 0 Å². The monoisotopic (exact) mass is 250 g/mol. The molecule has 3 fully saturated rings. The summed E-state index contributed by atoms with van der Waals surface area (Å²) in [5.41, 5.74) is 0. The molecule has 1 aliphatic carbocycles. The summed E-state index contributed by atoms with van der Waals surface area (Å²) in [6.45, 7) is 4.49. The van der Waals surface area contributed by atoms with Crippen molar-refractivity contribution in [3.05, 3.63) is 0 Å². The minimum Gasteiger partial charge on any atom is -0.342 e. The molecule has 0 unspecified atom stereocenters. The number of carbonyl (C=O) groups excluding carboxylic acids is 1. The van der Waals surface area contributed by atoms with Crippen LogP contribution in [0, 0.1) is 5.92 Å². The second-order valence-electron chi connectivity index (χ2n) is 6.23. The summed E-state index contributed by atoms with van der Waals surface area (Å²) < 4.78 is 0. The van der Waals surface area contributed by atoms with Gasteiger partial charge in [0.1, 0.15) is 0 Å². The van der Waals surface area contributed by atoms with E-state index in [1.54, 1.807) is 0 Å². The van der Waals surface area contributed by atoms with Crippen LogP contribution in [0.2, 0.25) is 0 Å². The smallest absolute Gasteiger partial charge is 0.227 e. The van der Waals surface area contributed by atoms with Crippen molar-refractivity contribution in [1.82, 2.24) is 9.80 Å². The third-order valence-corrected chi connectivity index (χ3v) is 5.07. The van der Waals surface area contributed by atoms with E-state index < -0.39 is 0 Å². The summed E-state index contributed by atoms with van der Waals surface area (Å²) in [4.78, 5) is 17.4. The summed E-state index contributed by atoms with van der Waals surface area (Å²) in [5.74, 6) is 0.791. The molecule has 102 valence electrons. The van der Waals surface area contributed by atoms with E-state index >= 15 is 0 Å². The standard InChI is InChI=1S/C15H26N2O/c18-15(17-11-5-6-12-17)13-7-1-2-8-14(13)16-9-3-4-10-16/h13-14H,1-12H2/t13-,14+/m1/s1. The van der Waals surface area contributed by atoms with E-state index in [1.165, 1.54) is 58.0 Å². The predicted octanol–water partition coefficient (Wildman–Crippen LogP) is 2.26. The number of carbonyl (C=O) groups is 1. The van der Waals surface area contributed by atoms with Crippen molar-refractivity contribution < 1.29 is 4.79 Å². The van der Waals surface area contributed by atoms with Gasteiger partial charge in [-0.3, -0.25) is 9.69 Å². The highest BCUT2D eigenvalue weighted by Gasteiger charge is 2.38. The molecule has 0 aromatic rings. The molecule has 1 saturated carbocycles. The molecule has 2 heterocycles. The third kappa shape index (κ3) is 2.42. The molecule has 18 heavy (non-hydrogen) atoms. The number of nitrogens with zero attached hydrogens (tertiary/aromatic N) is 2. The van der Waals surface area contributed by atoms with Crippen LogP contribution in [0.25, 0.3) is 0 Å². The van der Waals surface area contributed by atoms with Crippen LogP contribution in [0.5, 0.6) is 0 Å². The van der Waals surface area contributed by atoms with Crippen LogP contribution in [-0.2, 0) is 4.79 Å². The maximum atomic E-state index is 12.7. The van der Waals surface area contributed by atoms with Gasteiger partial charge in [0.2, 0.25) is 5.91 Å². The Morgan fingerprint density at radius 3 is 2.11 bits per heavy atom. The average Bonchev–Trinajstić information content (AvgIpc) is 3.11. The van der Waals surface area contributed by atoms with E-state index in [4.69, 9.17) is 0 Å². The van der Waals surface area contributed by atoms with Crippen LogP contribution in [-0.4, -0.2) is 47.9 Å². The highest BCUT2D eigenvalue weighted by Crippen LogP contribution is 2.32. The molecule has 2 atom stereocenters. The summed E-state index contributed by atoms with van der Waals surface area (Å²) >= 11 is 0. The van der Waals surface area contributed by atoms with Crippen molar-refractivity contribution >= 4 is 5.91 Å². The van der Waals surface area contributed by atoms with E-state index in [2.05, 4.69) is 9.80 Å². The SMILES string of the molecule is O=C([C@@H]1CCCC[C@@H]1N1CCCC1)N1CCCC1. The minimum absolute atomic E-state index is 0.315. The van der Waals surface area contributed by atoms with Gasteiger partial charge in [-0.1, -0.05) is 12.8 Å². The number of rotatable bonds is 2. The van der Waals surface area contributed by atoms with E-state index in [0.717, 1.165) is 19.5 Å². The van der Waals surface area contributed by atoms with Crippen LogP contribution in [0.1, 0.15) is 51.4 Å². The summed E-state index contributed by atoms with van der Waals surface area (Å²) in [5, 5.41) is 0. The Balaban J connectivity index is 1.68. The summed E-state index contributed by atoms with van der Waals surface area (Å²) in [6, 6.07) is 0.564. The molecular weight excluding hydrogens is 224 g/mol. The quantitative estimate of drug-likeness (QED) is 0.750. The van der Waals surface area contributed by atoms with Crippen LogP contribution in [0.3, 0.4) is 0 Å². The van der Waals surface area contributed by atoms with Crippen LogP contribution in [0.15, 0.2) is 0 Å². The Morgan fingerprint density at radius 2 is 1.39 bits per heavy atom. The van der Waals surface area contributed by atoms with Crippen molar-refractivity contribution in [2.75, 3.05) is 26.2 Å². The van der Waals surface area contributed by atoms with Gasteiger partial charge in [-0.15, -0.1) is 0 Å². The Hall–Kier alpha value is -0.570. The normalized spacial score (nSPS) is 34.1. The molecule has 0 aromatic heterocycles. The van der Waals surface area contributed by atoms with Gasteiger partial charge in [-0.05, 0) is 51.6 Å². The molecule has 0 N–H and O–H groups in total. The lowest BCUT2D eigenvalue weighted by Gasteiger charge is -2.38. The molecule has 3 heteroatoms. The zero-order chi connectivity index (χ0) is 12.4. The second-order valence-corrected chi connectivity index (χ2v) is 6.23. The lowest BCUT2D eigenvalue weighted by atomic mass is 9.82. The zero-order valence-corrected chi connectivity index (χ0v) is 11.4. The van der Waals surface area contributed by atoms with Gasteiger partial charge in [0.05, 0.1) is 5.92 Å². The first-order chi connectivity index (χ1) is 8.86. The van der Waals surface area contributed by atoms with Crippen molar-refractivity contribution in [3.8, 4) is 0 Å². The molecular formula is C15H26N2O. The van der Waals surface area contributed by atoms with Crippen molar-refractivity contribution in [2.45, 2.75) is 57.4 Å². The van der Waals surface area contributed by atoms with Crippen molar-refractivity contribution in [1.29, 1.82) is 0 Å². The lowest BCUT2D eigenvalue weighted by Crippen LogP contribution is -2.48. The topological polar surface area (TPSA) is 23.6 Å². The Morgan fingerprint density at radius 1 is 0.778 bits per heavy atom. The number of hydrogen-bond acceptors (Lipinski definition) is 2. The largest absolute Gasteiger partial charge is 0.342 e. The van der Waals surface area contributed by atoms with Crippen molar-refractivity contribution in [2.24, 2.45) is 5.92 Å².